The number of carbonyl (C=O) groups is 2. The Labute approximate surface area is 237 Å². The molecule has 0 bridgehead atoms. The predicted molar refractivity (Wildman–Crippen MR) is 149 cm³/mol. The molecule has 0 aliphatic rings. The van der Waals surface area contributed by atoms with Crippen molar-refractivity contribution in [2.75, 3.05) is 5.32 Å². The summed E-state index contributed by atoms with van der Waals surface area (Å²) in [6.45, 7) is 0. The summed E-state index contributed by atoms with van der Waals surface area (Å²) in [5.74, 6) is -1.64. The van der Waals surface area contributed by atoms with E-state index in [0.29, 0.717) is 22.0 Å². The van der Waals surface area contributed by atoms with Gasteiger partial charge in [0.1, 0.15) is 11.7 Å². The van der Waals surface area contributed by atoms with Gasteiger partial charge < -0.3 is 15.0 Å². The lowest BCUT2D eigenvalue weighted by Gasteiger charge is -2.19. The molecule has 0 saturated heterocycles. The van der Waals surface area contributed by atoms with Crippen LogP contribution in [0, 0.1) is 0 Å². The molecule has 0 spiro atoms. The summed E-state index contributed by atoms with van der Waals surface area (Å²) in [7, 11) is 1.56. The zero-order valence-corrected chi connectivity index (χ0v) is 22.4. The number of hydrogen-bond donors (Lipinski definition) is 2. The molecule has 3 heterocycles. The Morgan fingerprint density at radius 2 is 1.82 bits per heavy atom. The number of amides is 1. The van der Waals surface area contributed by atoms with Crippen LogP contribution in [0.25, 0.3) is 16.9 Å². The second-order valence-electron chi connectivity index (χ2n) is 8.89. The first-order valence-corrected chi connectivity index (χ1v) is 12.7. The molecule has 3 aromatic heterocycles. The number of aromatic carboxylic acids is 1. The fourth-order valence-corrected chi connectivity index (χ4v) is 4.59. The van der Waals surface area contributed by atoms with Gasteiger partial charge in [0.2, 0.25) is 5.91 Å². The smallest absolute Gasteiger partial charge is 0.352 e. The number of aromatic nitrogens is 6. The normalized spacial score (nSPS) is 11.8. The largest absolute Gasteiger partial charge is 0.477 e. The summed E-state index contributed by atoms with van der Waals surface area (Å²) < 4.78 is 4.07. The van der Waals surface area contributed by atoms with Crippen LogP contribution in [-0.2, 0) is 18.3 Å². The Morgan fingerprint density at radius 1 is 1.05 bits per heavy atom. The number of rotatable bonds is 8. The van der Waals surface area contributed by atoms with Gasteiger partial charge in [0, 0.05) is 36.3 Å². The van der Waals surface area contributed by atoms with Crippen molar-refractivity contribution in [1.82, 2.24) is 29.1 Å². The third kappa shape index (κ3) is 5.65. The molecule has 2 N–H and O–H groups in total. The Balaban J connectivity index is 1.53. The van der Waals surface area contributed by atoms with Gasteiger partial charge in [0.15, 0.2) is 5.15 Å². The maximum absolute atomic E-state index is 13.5. The van der Waals surface area contributed by atoms with Gasteiger partial charge in [-0.15, -0.1) is 5.10 Å². The van der Waals surface area contributed by atoms with Crippen molar-refractivity contribution >= 4 is 40.8 Å². The van der Waals surface area contributed by atoms with E-state index in [0.717, 1.165) is 5.56 Å². The summed E-state index contributed by atoms with van der Waals surface area (Å²) >= 11 is 12.2. The van der Waals surface area contributed by atoms with Gasteiger partial charge in [0.05, 0.1) is 29.6 Å². The number of nitrogens with zero attached hydrogens (tertiary/aromatic N) is 6. The highest BCUT2D eigenvalue weighted by atomic mass is 35.5. The average molecular weight is 578 g/mol. The Kier molecular flexibility index (Phi) is 7.50. The second kappa shape index (κ2) is 11.2. The van der Waals surface area contributed by atoms with E-state index in [1.165, 1.54) is 44.7 Å². The average Bonchev–Trinajstić information content (AvgIpc) is 3.52. The highest BCUT2D eigenvalue weighted by Gasteiger charge is 2.24. The number of aryl methyl sites for hydroxylation is 1. The third-order valence-electron chi connectivity index (χ3n) is 6.18. The van der Waals surface area contributed by atoms with E-state index in [9.17, 15) is 19.5 Å². The first-order valence-electron chi connectivity index (χ1n) is 11.9. The number of anilines is 1. The number of carbonyl (C=O) groups excluding carboxylic acids is 1. The predicted octanol–water partition coefficient (Wildman–Crippen LogP) is 4.26. The fourth-order valence-electron chi connectivity index (χ4n) is 4.29. The molecule has 202 valence electrons. The first kappa shape index (κ1) is 26.9. The van der Waals surface area contributed by atoms with Crippen LogP contribution in [0.3, 0.4) is 0 Å². The standard InChI is InChI=1S/C27H21Cl2N7O4/c1-34-13-18(11-23(34)27(39)40)31-26(38)22(9-16-5-3-2-4-6-16)35-15-30-20(12-25(35)37)19-10-17(28)7-8-21(19)36-14-24(29)32-33-36/h2-8,10-15,22H,9H2,1H3,(H,31,38)(H,39,40)/t22-/m0/s1. The zero-order valence-electron chi connectivity index (χ0n) is 20.9. The number of carboxylic acids is 1. The quantitative estimate of drug-likeness (QED) is 0.281. The molecule has 2 aromatic carbocycles. The molecule has 0 fully saturated rings. The number of carboxylic acid groups (broad SMARTS) is 1. The van der Waals surface area contributed by atoms with Crippen molar-refractivity contribution in [3.05, 3.63) is 111 Å². The molecular weight excluding hydrogens is 557 g/mol. The van der Waals surface area contributed by atoms with Gasteiger partial charge in [-0.2, -0.15) is 0 Å². The van der Waals surface area contributed by atoms with Crippen molar-refractivity contribution in [3.63, 3.8) is 0 Å². The topological polar surface area (TPSA) is 137 Å². The van der Waals surface area contributed by atoms with Gasteiger partial charge in [-0.25, -0.2) is 14.5 Å². The monoisotopic (exact) mass is 577 g/mol. The van der Waals surface area contributed by atoms with Crippen molar-refractivity contribution < 1.29 is 14.7 Å². The molecule has 0 aliphatic heterocycles. The maximum atomic E-state index is 13.5. The van der Waals surface area contributed by atoms with E-state index in [4.69, 9.17) is 23.2 Å². The van der Waals surface area contributed by atoms with Crippen LogP contribution in [-0.4, -0.2) is 46.1 Å². The van der Waals surface area contributed by atoms with Crippen molar-refractivity contribution in [2.45, 2.75) is 12.5 Å². The summed E-state index contributed by atoms with van der Waals surface area (Å²) in [4.78, 5) is 42.9. The van der Waals surface area contributed by atoms with E-state index in [1.807, 2.05) is 30.3 Å². The lowest BCUT2D eigenvalue weighted by Crippen LogP contribution is -2.34. The van der Waals surface area contributed by atoms with E-state index in [2.05, 4.69) is 20.6 Å². The molecule has 5 rings (SSSR count). The van der Waals surface area contributed by atoms with E-state index in [1.54, 1.807) is 25.2 Å². The molecule has 0 unspecified atom stereocenters. The van der Waals surface area contributed by atoms with E-state index >= 15 is 0 Å². The van der Waals surface area contributed by atoms with Crippen molar-refractivity contribution in [2.24, 2.45) is 7.05 Å². The molecule has 0 radical (unpaired) electrons. The molecule has 0 saturated carbocycles. The van der Waals surface area contributed by atoms with Crippen molar-refractivity contribution in [3.8, 4) is 16.9 Å². The van der Waals surface area contributed by atoms with Crippen LogP contribution >= 0.6 is 23.2 Å². The van der Waals surface area contributed by atoms with Gasteiger partial charge in [-0.05, 0) is 29.8 Å². The lowest BCUT2D eigenvalue weighted by atomic mass is 10.0. The minimum absolute atomic E-state index is 0.00379. The van der Waals surface area contributed by atoms with Gasteiger partial charge in [-0.3, -0.25) is 14.2 Å². The second-order valence-corrected chi connectivity index (χ2v) is 9.72. The molecule has 13 heteroatoms. The highest BCUT2D eigenvalue weighted by Crippen LogP contribution is 2.28. The molecule has 11 nitrogen and oxygen atoms in total. The van der Waals surface area contributed by atoms with Crippen LogP contribution in [0.1, 0.15) is 22.1 Å². The molecule has 1 atom stereocenters. The molecule has 1 amide bonds. The molecule has 0 aliphatic carbocycles. The van der Waals surface area contributed by atoms with Crippen LogP contribution in [0.2, 0.25) is 10.2 Å². The number of hydrogen-bond acceptors (Lipinski definition) is 6. The number of nitrogens with one attached hydrogen (secondary N) is 1. The van der Waals surface area contributed by atoms with Crippen LogP contribution in [0.5, 0.6) is 0 Å². The Hall–Kier alpha value is -4.74. The van der Waals surface area contributed by atoms with E-state index in [-0.39, 0.29) is 23.0 Å². The van der Waals surface area contributed by atoms with Gasteiger partial charge in [-0.1, -0.05) is 58.7 Å². The minimum atomic E-state index is -1.13. The van der Waals surface area contributed by atoms with Crippen molar-refractivity contribution in [1.29, 1.82) is 0 Å². The lowest BCUT2D eigenvalue weighted by molar-refractivity contribution is -0.119. The maximum Gasteiger partial charge on any atom is 0.352 e. The number of halogens is 2. The molecule has 40 heavy (non-hydrogen) atoms. The van der Waals surface area contributed by atoms with Crippen LogP contribution in [0.4, 0.5) is 5.69 Å². The van der Waals surface area contributed by atoms with Crippen LogP contribution < -0.4 is 10.9 Å². The summed E-state index contributed by atoms with van der Waals surface area (Å²) in [6.07, 6.45) is 4.49. The fraction of sp³-hybridized carbons (Fsp3) is 0.111. The van der Waals surface area contributed by atoms with Crippen LogP contribution in [0.15, 0.2) is 84.2 Å². The summed E-state index contributed by atoms with van der Waals surface area (Å²) in [6, 6.07) is 15.9. The molecular formula is C27H21Cl2N7O4. The summed E-state index contributed by atoms with van der Waals surface area (Å²) in [5, 5.41) is 20.5. The van der Waals surface area contributed by atoms with Gasteiger partial charge in [0.25, 0.3) is 5.56 Å². The van der Waals surface area contributed by atoms with Gasteiger partial charge >= 0.3 is 5.97 Å². The first-order chi connectivity index (χ1) is 19.2. The Morgan fingerprint density at radius 3 is 2.48 bits per heavy atom. The highest BCUT2D eigenvalue weighted by molar-refractivity contribution is 6.31. The SMILES string of the molecule is Cn1cc(NC(=O)[C@H](Cc2ccccc2)n2cnc(-c3cc(Cl)ccc3-n3cc(Cl)nn3)cc2=O)cc1C(=O)O. The van der Waals surface area contributed by atoms with E-state index < -0.39 is 23.5 Å². The minimum Gasteiger partial charge on any atom is -0.477 e. The zero-order chi connectivity index (χ0) is 28.4. The third-order valence-corrected chi connectivity index (χ3v) is 6.59. The summed E-state index contributed by atoms with van der Waals surface area (Å²) in [5.41, 5.74) is 1.98. The molecule has 5 aromatic rings. The number of benzene rings is 2. The Bertz CT molecular complexity index is 1780.